The number of rotatable bonds is 6. The highest BCUT2D eigenvalue weighted by Crippen LogP contribution is 2.48. The monoisotopic (exact) mass is 729 g/mol. The Balaban J connectivity index is 1.14. The van der Waals surface area contributed by atoms with Crippen molar-refractivity contribution in [1.82, 2.24) is 0 Å². The Kier molecular flexibility index (Phi) is 7.75. The van der Waals surface area contributed by atoms with Crippen LogP contribution in [0.5, 0.6) is 0 Å². The summed E-state index contributed by atoms with van der Waals surface area (Å²) in [5.41, 5.74) is 10.6. The highest BCUT2D eigenvalue weighted by atomic mass is 32.1. The lowest BCUT2D eigenvalue weighted by molar-refractivity contribution is 1.28. The smallest absolute Gasteiger partial charge is 0.0540 e. The van der Waals surface area contributed by atoms with Crippen LogP contribution in [-0.4, -0.2) is 0 Å². The molecule has 0 saturated heterocycles. The van der Waals surface area contributed by atoms with Crippen LogP contribution in [0.2, 0.25) is 0 Å². The molecule has 11 rings (SSSR count). The first-order valence-corrected chi connectivity index (χ1v) is 20.0. The van der Waals surface area contributed by atoms with Crippen molar-refractivity contribution in [1.29, 1.82) is 0 Å². The number of hydrogen-bond acceptors (Lipinski definition) is 2. The van der Waals surface area contributed by atoms with Crippen molar-refractivity contribution in [3.8, 4) is 33.4 Å². The summed E-state index contributed by atoms with van der Waals surface area (Å²) in [6.45, 7) is 0. The van der Waals surface area contributed by atoms with Gasteiger partial charge in [-0.2, -0.15) is 0 Å². The Morgan fingerprint density at radius 3 is 1.70 bits per heavy atom. The van der Waals surface area contributed by atoms with E-state index in [1.807, 2.05) is 11.3 Å². The molecule has 0 aliphatic rings. The number of thiophene rings is 1. The zero-order valence-corrected chi connectivity index (χ0v) is 31.4. The van der Waals surface area contributed by atoms with Crippen LogP contribution < -0.4 is 4.90 Å². The number of benzene rings is 10. The minimum atomic E-state index is 1.10. The third-order valence-corrected chi connectivity index (χ3v) is 12.5. The summed E-state index contributed by atoms with van der Waals surface area (Å²) in [5, 5.41) is 10.1. The van der Waals surface area contributed by atoms with E-state index in [2.05, 4.69) is 217 Å². The molecule has 0 bridgehead atoms. The third-order valence-electron chi connectivity index (χ3n) is 11.2. The molecule has 10 aromatic carbocycles. The average molecular weight is 730 g/mol. The van der Waals surface area contributed by atoms with Gasteiger partial charge in [0, 0.05) is 37.0 Å². The summed E-state index contributed by atoms with van der Waals surface area (Å²) in [4.78, 5) is 2.47. The van der Waals surface area contributed by atoms with Gasteiger partial charge in [0.25, 0.3) is 0 Å². The van der Waals surface area contributed by atoms with E-state index in [9.17, 15) is 0 Å². The molecule has 1 heterocycles. The van der Waals surface area contributed by atoms with E-state index in [0.29, 0.717) is 0 Å². The Morgan fingerprint density at radius 2 is 0.875 bits per heavy atom. The SMILES string of the molecule is c1ccc(N(c2ccc(-c3cccc4c3sc3ccccc34)cc2)c2ccccc2-c2cc3ccccc3c3ccccc23)c(-c2ccc3ccccc3c2)c1. The number of nitrogens with zero attached hydrogens (tertiary/aromatic N) is 1. The van der Waals surface area contributed by atoms with Crippen LogP contribution in [0.3, 0.4) is 0 Å². The van der Waals surface area contributed by atoms with Gasteiger partial charge >= 0.3 is 0 Å². The molecule has 0 aliphatic heterocycles. The van der Waals surface area contributed by atoms with Crippen LogP contribution >= 0.6 is 11.3 Å². The molecule has 2 heteroatoms. The van der Waals surface area contributed by atoms with E-state index < -0.39 is 0 Å². The molecule has 1 aromatic heterocycles. The molecule has 56 heavy (non-hydrogen) atoms. The maximum absolute atomic E-state index is 2.47. The van der Waals surface area contributed by atoms with Crippen LogP contribution in [0.15, 0.2) is 212 Å². The van der Waals surface area contributed by atoms with Crippen LogP contribution in [0.4, 0.5) is 17.1 Å². The minimum Gasteiger partial charge on any atom is -0.309 e. The zero-order chi connectivity index (χ0) is 37.0. The number of hydrogen-bond donors (Lipinski definition) is 0. The summed E-state index contributed by atoms with van der Waals surface area (Å²) < 4.78 is 2.65. The Hall–Kier alpha value is -7.00. The highest BCUT2D eigenvalue weighted by molar-refractivity contribution is 7.26. The first-order chi connectivity index (χ1) is 27.8. The highest BCUT2D eigenvalue weighted by Gasteiger charge is 2.22. The van der Waals surface area contributed by atoms with Gasteiger partial charge in [-0.25, -0.2) is 0 Å². The van der Waals surface area contributed by atoms with Crippen LogP contribution in [0.25, 0.3) is 85.9 Å². The fourth-order valence-corrected chi connectivity index (χ4v) is 9.85. The Labute approximate surface area is 330 Å². The largest absolute Gasteiger partial charge is 0.309 e. The third kappa shape index (κ3) is 5.38. The summed E-state index contributed by atoms with van der Waals surface area (Å²) >= 11 is 1.88. The fourth-order valence-electron chi connectivity index (χ4n) is 8.62. The number of anilines is 3. The van der Waals surface area contributed by atoms with Gasteiger partial charge in [-0.15, -0.1) is 11.3 Å². The summed E-state index contributed by atoms with van der Waals surface area (Å²) in [6, 6.07) is 77.8. The van der Waals surface area contributed by atoms with E-state index in [-0.39, 0.29) is 0 Å². The van der Waals surface area contributed by atoms with Gasteiger partial charge in [0.05, 0.1) is 11.4 Å². The molecule has 0 atom stereocenters. The van der Waals surface area contributed by atoms with Gasteiger partial charge in [-0.1, -0.05) is 170 Å². The normalized spacial score (nSPS) is 11.6. The van der Waals surface area contributed by atoms with E-state index >= 15 is 0 Å². The predicted octanol–water partition coefficient (Wildman–Crippen LogP) is 16.0. The lowest BCUT2D eigenvalue weighted by Crippen LogP contribution is -2.12. The summed E-state index contributed by atoms with van der Waals surface area (Å²) in [5.74, 6) is 0. The molecule has 0 amide bonds. The van der Waals surface area contributed by atoms with Crippen molar-refractivity contribution >= 4 is 80.9 Å². The quantitative estimate of drug-likeness (QED) is 0.154. The molecule has 0 aliphatic carbocycles. The van der Waals surface area contributed by atoms with E-state index in [1.165, 1.54) is 85.9 Å². The van der Waals surface area contributed by atoms with Gasteiger partial charge in [-0.3, -0.25) is 0 Å². The lowest BCUT2D eigenvalue weighted by Gasteiger charge is -2.30. The second-order valence-corrected chi connectivity index (χ2v) is 15.5. The summed E-state index contributed by atoms with van der Waals surface area (Å²) in [7, 11) is 0. The Morgan fingerprint density at radius 1 is 0.304 bits per heavy atom. The molecule has 0 spiro atoms. The van der Waals surface area contributed by atoms with Crippen molar-refractivity contribution in [2.75, 3.05) is 4.90 Å². The molecule has 0 radical (unpaired) electrons. The van der Waals surface area contributed by atoms with Crippen molar-refractivity contribution in [3.63, 3.8) is 0 Å². The topological polar surface area (TPSA) is 3.24 Å². The van der Waals surface area contributed by atoms with Crippen molar-refractivity contribution in [3.05, 3.63) is 212 Å². The molecule has 0 unspecified atom stereocenters. The van der Waals surface area contributed by atoms with Gasteiger partial charge in [0.15, 0.2) is 0 Å². The Bertz CT molecular complexity index is 3260. The van der Waals surface area contributed by atoms with Gasteiger partial charge in [0.1, 0.15) is 0 Å². The molecular formula is C54H35NS. The molecule has 11 aromatic rings. The second-order valence-electron chi connectivity index (χ2n) is 14.4. The molecule has 0 saturated carbocycles. The van der Waals surface area contributed by atoms with Gasteiger partial charge in [0.2, 0.25) is 0 Å². The van der Waals surface area contributed by atoms with E-state index in [0.717, 1.165) is 17.1 Å². The molecule has 262 valence electrons. The van der Waals surface area contributed by atoms with E-state index in [1.54, 1.807) is 0 Å². The van der Waals surface area contributed by atoms with Crippen LogP contribution in [0, 0.1) is 0 Å². The van der Waals surface area contributed by atoms with Crippen LogP contribution in [-0.2, 0) is 0 Å². The number of para-hydroxylation sites is 2. The summed E-state index contributed by atoms with van der Waals surface area (Å²) in [6.07, 6.45) is 0. The maximum atomic E-state index is 2.47. The molecule has 1 nitrogen and oxygen atoms in total. The average Bonchev–Trinajstić information content (AvgIpc) is 3.66. The standard InChI is InChI=1S/C54H35NS/c1-2-15-38-34-40(29-28-36(38)14-1)43-18-7-10-25-51(43)55(41-32-30-37(31-33-41)44-23-13-24-49-48-22-9-12-27-53(48)56-54(44)49)52-26-11-8-21-47(52)50-35-39-16-3-4-17-42(39)45-19-5-6-20-46(45)50/h1-35H. The first-order valence-electron chi connectivity index (χ1n) is 19.2. The predicted molar refractivity (Wildman–Crippen MR) is 243 cm³/mol. The van der Waals surface area contributed by atoms with Crippen molar-refractivity contribution < 1.29 is 0 Å². The second kappa shape index (κ2) is 13.4. The zero-order valence-electron chi connectivity index (χ0n) is 30.6. The van der Waals surface area contributed by atoms with Gasteiger partial charge in [-0.05, 0) is 97.0 Å². The molecule has 0 N–H and O–H groups in total. The number of fused-ring (bicyclic) bond motifs is 7. The van der Waals surface area contributed by atoms with Gasteiger partial charge < -0.3 is 4.90 Å². The first kappa shape index (κ1) is 32.4. The van der Waals surface area contributed by atoms with Crippen LogP contribution in [0.1, 0.15) is 0 Å². The maximum Gasteiger partial charge on any atom is 0.0540 e. The van der Waals surface area contributed by atoms with Crippen molar-refractivity contribution in [2.45, 2.75) is 0 Å². The minimum absolute atomic E-state index is 1.10. The molecular weight excluding hydrogens is 695 g/mol. The molecule has 0 fully saturated rings. The van der Waals surface area contributed by atoms with Crippen molar-refractivity contribution in [2.24, 2.45) is 0 Å². The van der Waals surface area contributed by atoms with E-state index in [4.69, 9.17) is 0 Å². The lowest BCUT2D eigenvalue weighted by atomic mass is 9.91. The fraction of sp³-hybridized carbons (Fsp3) is 0.